The van der Waals surface area contributed by atoms with Crippen molar-refractivity contribution < 1.29 is 0 Å². The molecule has 2 aromatic rings. The van der Waals surface area contributed by atoms with Gasteiger partial charge in [0.15, 0.2) is 0 Å². The fourth-order valence-corrected chi connectivity index (χ4v) is 1.39. The van der Waals surface area contributed by atoms with Crippen molar-refractivity contribution in [3.63, 3.8) is 0 Å². The van der Waals surface area contributed by atoms with Crippen molar-refractivity contribution in [1.82, 2.24) is 14.8 Å². The van der Waals surface area contributed by atoms with Crippen LogP contribution < -0.4 is 0 Å². The van der Waals surface area contributed by atoms with E-state index in [-0.39, 0.29) is 5.54 Å². The highest BCUT2D eigenvalue weighted by Crippen LogP contribution is 2.19. The van der Waals surface area contributed by atoms with E-state index < -0.39 is 0 Å². The third-order valence-corrected chi connectivity index (χ3v) is 2.25. The van der Waals surface area contributed by atoms with Crippen molar-refractivity contribution in [2.45, 2.75) is 26.3 Å². The number of aromatic nitrogens is 3. The van der Waals surface area contributed by atoms with Gasteiger partial charge in [-0.15, -0.1) is 0 Å². The third-order valence-electron chi connectivity index (χ3n) is 2.04. The lowest BCUT2D eigenvalue weighted by Gasteiger charge is -2.18. The Morgan fingerprint density at radius 1 is 1.36 bits per heavy atom. The molecule has 0 amide bonds. The summed E-state index contributed by atoms with van der Waals surface area (Å²) < 4.78 is 1.93. The second-order valence-corrected chi connectivity index (χ2v) is 4.70. The van der Waals surface area contributed by atoms with Crippen molar-refractivity contribution >= 4 is 22.5 Å². The number of halogens is 1. The molecule has 2 rings (SSSR count). The van der Waals surface area contributed by atoms with Gasteiger partial charge in [-0.25, -0.2) is 4.98 Å². The van der Waals surface area contributed by atoms with Gasteiger partial charge in [-0.1, -0.05) is 11.6 Å². The average molecular weight is 210 g/mol. The Balaban J connectivity index is 2.63. The highest BCUT2D eigenvalue weighted by atomic mass is 35.5. The van der Waals surface area contributed by atoms with Gasteiger partial charge in [-0.2, -0.15) is 5.10 Å². The topological polar surface area (TPSA) is 30.7 Å². The van der Waals surface area contributed by atoms with Gasteiger partial charge >= 0.3 is 0 Å². The van der Waals surface area contributed by atoms with Crippen LogP contribution in [0.2, 0.25) is 5.15 Å². The first kappa shape index (κ1) is 9.46. The number of hydrogen-bond donors (Lipinski definition) is 0. The number of pyridine rings is 1. The van der Waals surface area contributed by atoms with Gasteiger partial charge in [-0.05, 0) is 20.8 Å². The summed E-state index contributed by atoms with van der Waals surface area (Å²) in [5.41, 5.74) is 0.880. The van der Waals surface area contributed by atoms with Gasteiger partial charge in [0.1, 0.15) is 5.15 Å². The maximum Gasteiger partial charge on any atom is 0.131 e. The average Bonchev–Trinajstić information content (AvgIpc) is 2.45. The number of hydrogen-bond acceptors (Lipinski definition) is 2. The number of nitrogens with zero attached hydrogens (tertiary/aromatic N) is 3. The largest absolute Gasteiger partial charge is 0.266 e. The molecule has 2 heterocycles. The fraction of sp³-hybridized carbons (Fsp3) is 0.400. The Hall–Kier alpha value is -1.09. The van der Waals surface area contributed by atoms with E-state index in [4.69, 9.17) is 11.6 Å². The highest BCUT2D eigenvalue weighted by molar-refractivity contribution is 6.29. The summed E-state index contributed by atoms with van der Waals surface area (Å²) >= 11 is 5.78. The molecule has 14 heavy (non-hydrogen) atoms. The van der Waals surface area contributed by atoms with Crippen LogP contribution in [0.15, 0.2) is 18.5 Å². The molecule has 2 aromatic heterocycles. The molecular weight excluding hydrogens is 198 g/mol. The van der Waals surface area contributed by atoms with E-state index in [0.717, 1.165) is 10.9 Å². The van der Waals surface area contributed by atoms with Crippen LogP contribution in [0.3, 0.4) is 0 Å². The maximum absolute atomic E-state index is 5.78. The molecule has 4 heteroatoms. The van der Waals surface area contributed by atoms with E-state index in [0.29, 0.717) is 5.15 Å². The van der Waals surface area contributed by atoms with Crippen LogP contribution in [0.4, 0.5) is 0 Å². The van der Waals surface area contributed by atoms with Crippen LogP contribution in [0.1, 0.15) is 20.8 Å². The minimum atomic E-state index is -0.00844. The minimum absolute atomic E-state index is 0.00844. The van der Waals surface area contributed by atoms with E-state index in [1.54, 1.807) is 12.3 Å². The quantitative estimate of drug-likeness (QED) is 0.625. The lowest BCUT2D eigenvalue weighted by Crippen LogP contribution is -2.21. The molecule has 0 aromatic carbocycles. The number of rotatable bonds is 0. The Kier molecular flexibility index (Phi) is 2.00. The van der Waals surface area contributed by atoms with Gasteiger partial charge in [-0.3, -0.25) is 4.68 Å². The monoisotopic (exact) mass is 209 g/mol. The molecular formula is C10H12ClN3. The Bertz CT molecular complexity index is 468. The Morgan fingerprint density at radius 2 is 2.07 bits per heavy atom. The molecule has 0 spiro atoms. The molecule has 0 aliphatic rings. The summed E-state index contributed by atoms with van der Waals surface area (Å²) in [5.74, 6) is 0. The normalized spacial score (nSPS) is 12.3. The molecule has 3 nitrogen and oxygen atoms in total. The van der Waals surface area contributed by atoms with Crippen molar-refractivity contribution in [2.75, 3.05) is 0 Å². The second kappa shape index (κ2) is 2.95. The van der Waals surface area contributed by atoms with E-state index in [2.05, 4.69) is 30.9 Å². The molecule has 0 bridgehead atoms. The molecule has 0 saturated heterocycles. The standard InChI is InChI=1S/C10H12ClN3/c1-10(2,3)14-6-7-5-12-9(11)4-8(7)13-14/h4-6H,1-3H3. The van der Waals surface area contributed by atoms with Gasteiger partial charge in [0.25, 0.3) is 0 Å². The summed E-state index contributed by atoms with van der Waals surface area (Å²) in [6.45, 7) is 6.32. The summed E-state index contributed by atoms with van der Waals surface area (Å²) in [6.07, 6.45) is 3.73. The second-order valence-electron chi connectivity index (χ2n) is 4.31. The zero-order valence-electron chi connectivity index (χ0n) is 8.45. The smallest absolute Gasteiger partial charge is 0.131 e. The van der Waals surface area contributed by atoms with E-state index >= 15 is 0 Å². The van der Waals surface area contributed by atoms with Crippen LogP contribution in [0.25, 0.3) is 10.9 Å². The molecule has 0 unspecified atom stereocenters. The first-order valence-corrected chi connectivity index (χ1v) is 4.86. The van der Waals surface area contributed by atoms with Gasteiger partial charge in [0, 0.05) is 23.8 Å². The number of fused-ring (bicyclic) bond motifs is 1. The minimum Gasteiger partial charge on any atom is -0.266 e. The van der Waals surface area contributed by atoms with Crippen LogP contribution in [0, 0.1) is 0 Å². The van der Waals surface area contributed by atoms with Crippen molar-refractivity contribution in [1.29, 1.82) is 0 Å². The van der Waals surface area contributed by atoms with Crippen molar-refractivity contribution in [3.8, 4) is 0 Å². The zero-order chi connectivity index (χ0) is 10.3. The van der Waals surface area contributed by atoms with Gasteiger partial charge < -0.3 is 0 Å². The van der Waals surface area contributed by atoms with E-state index in [1.807, 2.05) is 10.9 Å². The van der Waals surface area contributed by atoms with Crippen LogP contribution in [-0.2, 0) is 5.54 Å². The molecule has 0 N–H and O–H groups in total. The van der Waals surface area contributed by atoms with Crippen LogP contribution in [-0.4, -0.2) is 14.8 Å². The maximum atomic E-state index is 5.78. The molecule has 0 fully saturated rings. The first-order chi connectivity index (χ1) is 6.47. The molecule has 0 aliphatic heterocycles. The van der Waals surface area contributed by atoms with Crippen LogP contribution in [0.5, 0.6) is 0 Å². The van der Waals surface area contributed by atoms with E-state index in [9.17, 15) is 0 Å². The summed E-state index contributed by atoms with van der Waals surface area (Å²) in [6, 6.07) is 1.78. The van der Waals surface area contributed by atoms with Crippen LogP contribution >= 0.6 is 11.6 Å². The van der Waals surface area contributed by atoms with Gasteiger partial charge in [0.2, 0.25) is 0 Å². The summed E-state index contributed by atoms with van der Waals surface area (Å²) in [7, 11) is 0. The lowest BCUT2D eigenvalue weighted by molar-refractivity contribution is 0.358. The summed E-state index contributed by atoms with van der Waals surface area (Å²) in [4.78, 5) is 4.01. The third kappa shape index (κ3) is 1.60. The van der Waals surface area contributed by atoms with Gasteiger partial charge in [0.05, 0.1) is 11.1 Å². The molecule has 0 radical (unpaired) electrons. The zero-order valence-corrected chi connectivity index (χ0v) is 9.21. The SMILES string of the molecule is CC(C)(C)n1cc2cnc(Cl)cc2n1. The fourth-order valence-electron chi connectivity index (χ4n) is 1.24. The molecule has 0 saturated carbocycles. The van der Waals surface area contributed by atoms with E-state index in [1.165, 1.54) is 0 Å². The molecule has 74 valence electrons. The summed E-state index contributed by atoms with van der Waals surface area (Å²) in [5, 5.41) is 5.94. The lowest BCUT2D eigenvalue weighted by atomic mass is 10.1. The van der Waals surface area contributed by atoms with Crippen molar-refractivity contribution in [2.24, 2.45) is 0 Å². The predicted molar refractivity (Wildman–Crippen MR) is 57.5 cm³/mol. The first-order valence-electron chi connectivity index (χ1n) is 4.48. The Labute approximate surface area is 87.7 Å². The molecule has 0 atom stereocenters. The highest BCUT2D eigenvalue weighted by Gasteiger charge is 2.14. The Morgan fingerprint density at radius 3 is 2.71 bits per heavy atom. The predicted octanol–water partition coefficient (Wildman–Crippen LogP) is 2.84. The molecule has 0 aliphatic carbocycles. The van der Waals surface area contributed by atoms with Crippen molar-refractivity contribution in [3.05, 3.63) is 23.6 Å².